The highest BCUT2D eigenvalue weighted by Gasteiger charge is 2.29. The highest BCUT2D eigenvalue weighted by atomic mass is 35.5. The fourth-order valence-electron chi connectivity index (χ4n) is 5.51. The van der Waals surface area contributed by atoms with Gasteiger partial charge in [0.1, 0.15) is 11.3 Å². The van der Waals surface area contributed by atoms with Crippen LogP contribution in [0.25, 0.3) is 28.0 Å². The smallest absolute Gasteiger partial charge is 0.273 e. The number of hydrogen-bond acceptors (Lipinski definition) is 1. The Morgan fingerprint density at radius 1 is 0.919 bits per heavy atom. The van der Waals surface area contributed by atoms with Crippen molar-refractivity contribution in [1.82, 2.24) is 8.97 Å². The molecule has 1 aliphatic heterocycles. The zero-order chi connectivity index (χ0) is 25.5. The van der Waals surface area contributed by atoms with Crippen LogP contribution in [0.2, 0.25) is 5.02 Å². The molecular formula is C32H30ClN3O. The molecule has 0 unspecified atom stereocenters. The average molecular weight is 508 g/mol. The molecule has 3 aromatic carbocycles. The van der Waals surface area contributed by atoms with Crippen molar-refractivity contribution in [3.8, 4) is 22.4 Å². The van der Waals surface area contributed by atoms with E-state index in [0.29, 0.717) is 10.7 Å². The van der Waals surface area contributed by atoms with Crippen LogP contribution in [0, 0.1) is 6.92 Å². The molecule has 0 fully saturated rings. The number of imidazole rings is 1. The first kappa shape index (κ1) is 23.6. The lowest BCUT2D eigenvalue weighted by molar-refractivity contribution is 0.102. The fraction of sp³-hybridized carbons (Fsp3) is 0.219. The third kappa shape index (κ3) is 4.25. The minimum absolute atomic E-state index is 0.119. The first-order valence-corrected chi connectivity index (χ1v) is 13.4. The predicted octanol–water partition coefficient (Wildman–Crippen LogP) is 8.19. The van der Waals surface area contributed by atoms with Crippen LogP contribution in [0.5, 0.6) is 0 Å². The van der Waals surface area contributed by atoms with Crippen LogP contribution >= 0.6 is 11.6 Å². The quantitative estimate of drug-likeness (QED) is 0.256. The number of nitrogens with zero attached hydrogens (tertiary/aromatic N) is 2. The van der Waals surface area contributed by atoms with Crippen LogP contribution in [0.4, 0.5) is 5.69 Å². The molecule has 0 saturated heterocycles. The molecule has 1 N–H and O–H groups in total. The van der Waals surface area contributed by atoms with Gasteiger partial charge in [-0.05, 0) is 73.6 Å². The summed E-state index contributed by atoms with van der Waals surface area (Å²) in [5.41, 5.74) is 10.7. The minimum Gasteiger partial charge on any atom is -0.325 e. The molecule has 0 aliphatic carbocycles. The Morgan fingerprint density at radius 2 is 1.62 bits per heavy atom. The molecule has 1 amide bonds. The number of carbonyl (C=O) groups is 1. The van der Waals surface area contributed by atoms with Gasteiger partial charge in [-0.15, -0.1) is 0 Å². The highest BCUT2D eigenvalue weighted by Crippen LogP contribution is 2.40. The summed E-state index contributed by atoms with van der Waals surface area (Å²) in [6, 6.07) is 24.6. The zero-order valence-corrected chi connectivity index (χ0v) is 22.0. The Kier molecular flexibility index (Phi) is 6.13. The van der Waals surface area contributed by atoms with E-state index in [1.807, 2.05) is 12.1 Å². The van der Waals surface area contributed by atoms with Crippen LogP contribution < -0.4 is 5.32 Å². The maximum absolute atomic E-state index is 14.0. The monoisotopic (exact) mass is 507 g/mol. The standard InChI is InChI=1S/C32H30ClN3O/c1-3-22-9-13-24(14-10-22)29-27-6-4-5-19-35-28(23-11-7-21(2)8-12-23)20-36(32(27)35)30(29)31(37)34-26-17-15-25(33)16-18-26/h7-18,20H,3-6,19H2,1-2H3,(H,34,37). The molecule has 0 atom stereocenters. The second-order valence-corrected chi connectivity index (χ2v) is 10.3. The van der Waals surface area contributed by atoms with Gasteiger partial charge in [0.05, 0.1) is 5.69 Å². The van der Waals surface area contributed by atoms with Gasteiger partial charge in [-0.25, -0.2) is 0 Å². The zero-order valence-electron chi connectivity index (χ0n) is 21.2. The lowest BCUT2D eigenvalue weighted by Crippen LogP contribution is -2.15. The Hall–Kier alpha value is -3.76. The molecule has 5 heteroatoms. The molecule has 0 bridgehead atoms. The molecule has 4 nitrogen and oxygen atoms in total. The average Bonchev–Trinajstić information content (AvgIpc) is 3.33. The molecule has 0 saturated carbocycles. The van der Waals surface area contributed by atoms with E-state index in [-0.39, 0.29) is 5.91 Å². The predicted molar refractivity (Wildman–Crippen MR) is 153 cm³/mol. The van der Waals surface area contributed by atoms with E-state index in [0.717, 1.165) is 60.4 Å². The normalized spacial score (nSPS) is 13.1. The second-order valence-electron chi connectivity index (χ2n) is 9.90. The number of aromatic nitrogens is 2. The lowest BCUT2D eigenvalue weighted by Gasteiger charge is -2.11. The van der Waals surface area contributed by atoms with Crippen LogP contribution in [0.1, 0.15) is 46.9 Å². The van der Waals surface area contributed by atoms with Gasteiger partial charge in [0, 0.05) is 34.6 Å². The van der Waals surface area contributed by atoms with Gasteiger partial charge in [-0.2, -0.15) is 0 Å². The minimum atomic E-state index is -0.119. The third-order valence-electron chi connectivity index (χ3n) is 7.45. The molecule has 2 aromatic heterocycles. The van der Waals surface area contributed by atoms with Crippen molar-refractivity contribution < 1.29 is 4.79 Å². The summed E-state index contributed by atoms with van der Waals surface area (Å²) in [4.78, 5) is 14.0. The van der Waals surface area contributed by atoms with Crippen molar-refractivity contribution >= 4 is 28.8 Å². The van der Waals surface area contributed by atoms with Crippen LogP contribution in [0.15, 0.2) is 79.0 Å². The van der Waals surface area contributed by atoms with E-state index in [1.165, 1.54) is 22.3 Å². The number of amides is 1. The first-order chi connectivity index (χ1) is 18.0. The number of carbonyl (C=O) groups excluding carboxylic acids is 1. The molecule has 37 heavy (non-hydrogen) atoms. The van der Waals surface area contributed by atoms with Crippen molar-refractivity contribution in [3.63, 3.8) is 0 Å². The third-order valence-corrected chi connectivity index (χ3v) is 7.70. The number of aryl methyl sites for hydroxylation is 4. The van der Waals surface area contributed by atoms with Gasteiger partial charge in [0.25, 0.3) is 5.91 Å². The summed E-state index contributed by atoms with van der Waals surface area (Å²) in [5.74, 6) is -0.119. The lowest BCUT2D eigenvalue weighted by atomic mass is 9.96. The number of halogens is 1. The summed E-state index contributed by atoms with van der Waals surface area (Å²) in [7, 11) is 0. The van der Waals surface area contributed by atoms with E-state index >= 15 is 0 Å². The second kappa shape index (κ2) is 9.60. The number of hydrogen-bond donors (Lipinski definition) is 1. The van der Waals surface area contributed by atoms with Crippen LogP contribution in [-0.4, -0.2) is 14.9 Å². The van der Waals surface area contributed by atoms with Crippen molar-refractivity contribution in [3.05, 3.63) is 106 Å². The number of nitrogens with one attached hydrogen (secondary N) is 1. The van der Waals surface area contributed by atoms with Crippen LogP contribution in [-0.2, 0) is 19.4 Å². The number of benzene rings is 3. The summed E-state index contributed by atoms with van der Waals surface area (Å²) in [5, 5.41) is 3.77. The van der Waals surface area contributed by atoms with Crippen molar-refractivity contribution in [2.75, 3.05) is 5.32 Å². The maximum atomic E-state index is 14.0. The molecule has 1 aliphatic rings. The molecule has 0 radical (unpaired) electrons. The van der Waals surface area contributed by atoms with Gasteiger partial charge in [-0.3, -0.25) is 9.20 Å². The molecule has 6 rings (SSSR count). The van der Waals surface area contributed by atoms with Gasteiger partial charge < -0.3 is 9.88 Å². The Labute approximate surface area is 222 Å². The topological polar surface area (TPSA) is 38.4 Å². The Morgan fingerprint density at radius 3 is 2.32 bits per heavy atom. The molecule has 0 spiro atoms. The van der Waals surface area contributed by atoms with Crippen molar-refractivity contribution in [1.29, 1.82) is 0 Å². The van der Waals surface area contributed by atoms with E-state index in [9.17, 15) is 4.79 Å². The summed E-state index contributed by atoms with van der Waals surface area (Å²) in [6.07, 6.45) is 6.28. The molecule has 3 heterocycles. The van der Waals surface area contributed by atoms with Crippen LogP contribution in [0.3, 0.4) is 0 Å². The summed E-state index contributed by atoms with van der Waals surface area (Å²) < 4.78 is 4.54. The summed E-state index contributed by atoms with van der Waals surface area (Å²) in [6.45, 7) is 5.20. The molecule has 5 aromatic rings. The molecule has 186 valence electrons. The highest BCUT2D eigenvalue weighted by molar-refractivity contribution is 6.30. The van der Waals surface area contributed by atoms with E-state index in [4.69, 9.17) is 11.6 Å². The van der Waals surface area contributed by atoms with Gasteiger partial charge >= 0.3 is 0 Å². The SMILES string of the molecule is CCc1ccc(-c2c3c4n(c(-c5ccc(C)cc5)cn4c2C(=O)Nc2ccc(Cl)cc2)CCCC3)cc1. The van der Waals surface area contributed by atoms with E-state index < -0.39 is 0 Å². The van der Waals surface area contributed by atoms with Gasteiger partial charge in [-0.1, -0.05) is 72.6 Å². The van der Waals surface area contributed by atoms with E-state index in [2.05, 4.69) is 82.9 Å². The van der Waals surface area contributed by atoms with Crippen molar-refractivity contribution in [2.24, 2.45) is 0 Å². The maximum Gasteiger partial charge on any atom is 0.273 e. The molecular weight excluding hydrogens is 478 g/mol. The number of rotatable bonds is 5. The van der Waals surface area contributed by atoms with E-state index in [1.54, 1.807) is 12.1 Å². The summed E-state index contributed by atoms with van der Waals surface area (Å²) >= 11 is 6.09. The fourth-order valence-corrected chi connectivity index (χ4v) is 5.63. The number of anilines is 1. The van der Waals surface area contributed by atoms with Gasteiger partial charge in [0.15, 0.2) is 0 Å². The largest absolute Gasteiger partial charge is 0.325 e. The Balaban J connectivity index is 1.59. The Bertz CT molecular complexity index is 1590. The van der Waals surface area contributed by atoms with Gasteiger partial charge in [0.2, 0.25) is 0 Å². The van der Waals surface area contributed by atoms with Crippen molar-refractivity contribution in [2.45, 2.75) is 46.1 Å². The first-order valence-electron chi connectivity index (χ1n) is 13.0.